The molecule has 5 rings (SSSR count). The Morgan fingerprint density at radius 3 is 2.38 bits per heavy atom. The zero-order valence-electron chi connectivity index (χ0n) is 18.3. The van der Waals surface area contributed by atoms with Crippen molar-refractivity contribution < 1.29 is 0 Å². The summed E-state index contributed by atoms with van der Waals surface area (Å²) in [6, 6.07) is 15.6. The quantitative estimate of drug-likeness (QED) is 0.319. The lowest BCUT2D eigenvalue weighted by molar-refractivity contribution is 0.642. The van der Waals surface area contributed by atoms with E-state index < -0.39 is 0 Å². The third-order valence-electron chi connectivity index (χ3n) is 6.15. The van der Waals surface area contributed by atoms with E-state index in [1.807, 2.05) is 17.8 Å². The highest BCUT2D eigenvalue weighted by molar-refractivity contribution is 6.36. The minimum Gasteiger partial charge on any atom is -0.330 e. The van der Waals surface area contributed by atoms with Crippen LogP contribution in [0.4, 0.5) is 0 Å². The number of pyridine rings is 1. The van der Waals surface area contributed by atoms with Crippen molar-refractivity contribution in [1.82, 2.24) is 18.9 Å². The number of aromatic nitrogens is 4. The highest BCUT2D eigenvalue weighted by atomic mass is 35.5. The van der Waals surface area contributed by atoms with Crippen LogP contribution in [0.5, 0.6) is 0 Å². The summed E-state index contributed by atoms with van der Waals surface area (Å²) in [6.45, 7) is 4.98. The van der Waals surface area contributed by atoms with E-state index in [1.165, 1.54) is 0 Å². The van der Waals surface area contributed by atoms with Gasteiger partial charge in [-0.15, -0.1) is 0 Å². The van der Waals surface area contributed by atoms with Gasteiger partial charge < -0.3 is 4.57 Å². The summed E-state index contributed by atoms with van der Waals surface area (Å²) in [7, 11) is 3.78. The van der Waals surface area contributed by atoms with Gasteiger partial charge in [0.2, 0.25) is 0 Å². The Morgan fingerprint density at radius 2 is 1.69 bits per heavy atom. The summed E-state index contributed by atoms with van der Waals surface area (Å²) in [5, 5.41) is 7.77. The van der Waals surface area contributed by atoms with Crippen LogP contribution in [-0.4, -0.2) is 18.9 Å². The first-order valence-electron chi connectivity index (χ1n) is 10.4. The van der Waals surface area contributed by atoms with Gasteiger partial charge in [-0.05, 0) is 50.2 Å². The van der Waals surface area contributed by atoms with Crippen LogP contribution in [0, 0.1) is 6.92 Å². The minimum absolute atomic E-state index is 0.106. The van der Waals surface area contributed by atoms with Crippen molar-refractivity contribution in [2.75, 3.05) is 0 Å². The molecule has 0 unspecified atom stereocenters. The monoisotopic (exact) mass is 464 g/mol. The van der Waals surface area contributed by atoms with Crippen LogP contribution < -0.4 is 5.56 Å². The fourth-order valence-corrected chi connectivity index (χ4v) is 5.03. The highest BCUT2D eigenvalue weighted by Crippen LogP contribution is 2.35. The Hall–Kier alpha value is -3.02. The third-order valence-corrected chi connectivity index (χ3v) is 6.69. The van der Waals surface area contributed by atoms with E-state index in [4.69, 9.17) is 28.3 Å². The van der Waals surface area contributed by atoms with E-state index in [2.05, 4.69) is 42.7 Å². The van der Waals surface area contributed by atoms with Crippen molar-refractivity contribution in [3.63, 3.8) is 0 Å². The average Bonchev–Trinajstić information content (AvgIpc) is 3.28. The molecule has 162 valence electrons. The van der Waals surface area contributed by atoms with E-state index >= 15 is 0 Å². The molecule has 0 saturated heterocycles. The van der Waals surface area contributed by atoms with Gasteiger partial charge in [-0.2, -0.15) is 5.10 Å². The molecule has 0 spiro atoms. The van der Waals surface area contributed by atoms with Crippen molar-refractivity contribution >= 4 is 45.1 Å². The molecular formula is C25H22Cl2N4O. The maximum absolute atomic E-state index is 13.3. The molecule has 3 heterocycles. The summed E-state index contributed by atoms with van der Waals surface area (Å²) in [4.78, 5) is 13.3. The van der Waals surface area contributed by atoms with Crippen molar-refractivity contribution in [1.29, 1.82) is 0 Å². The van der Waals surface area contributed by atoms with Crippen LogP contribution in [0.3, 0.4) is 0 Å². The first-order chi connectivity index (χ1) is 15.3. The van der Waals surface area contributed by atoms with Crippen LogP contribution in [0.2, 0.25) is 10.0 Å². The number of hydrogen-bond donors (Lipinski definition) is 0. The molecular weight excluding hydrogens is 443 g/mol. The van der Waals surface area contributed by atoms with Crippen molar-refractivity contribution in [2.45, 2.75) is 20.4 Å². The molecule has 0 atom stereocenters. The number of hydrogen-bond acceptors (Lipinski definition) is 2. The number of benzene rings is 2. The van der Waals surface area contributed by atoms with Crippen molar-refractivity contribution in [2.24, 2.45) is 14.1 Å². The van der Waals surface area contributed by atoms with Gasteiger partial charge in [-0.3, -0.25) is 14.0 Å². The minimum atomic E-state index is -0.106. The first-order valence-corrected chi connectivity index (χ1v) is 11.2. The third kappa shape index (κ3) is 3.07. The van der Waals surface area contributed by atoms with Crippen molar-refractivity contribution in [3.8, 4) is 22.4 Å². The van der Waals surface area contributed by atoms with E-state index in [9.17, 15) is 4.79 Å². The normalized spacial score (nSPS) is 11.7. The van der Waals surface area contributed by atoms with Gasteiger partial charge in [0.15, 0.2) is 0 Å². The van der Waals surface area contributed by atoms with Crippen LogP contribution in [-0.2, 0) is 20.6 Å². The maximum atomic E-state index is 13.3. The van der Waals surface area contributed by atoms with Gasteiger partial charge in [-0.25, -0.2) is 0 Å². The van der Waals surface area contributed by atoms with Crippen LogP contribution >= 0.6 is 23.2 Å². The van der Waals surface area contributed by atoms with Gasteiger partial charge in [0.05, 0.1) is 16.2 Å². The van der Waals surface area contributed by atoms with Gasteiger partial charge in [-0.1, -0.05) is 35.3 Å². The molecule has 3 aromatic heterocycles. The molecule has 0 aliphatic heterocycles. The van der Waals surface area contributed by atoms with E-state index in [1.54, 1.807) is 29.8 Å². The van der Waals surface area contributed by atoms with Crippen LogP contribution in [0.25, 0.3) is 44.3 Å². The lowest BCUT2D eigenvalue weighted by atomic mass is 10.0. The second kappa shape index (κ2) is 7.54. The standard InChI is InChI=1S/C25H22Cl2N4O/c1-5-31-14(2)10-22(28-31)15-6-9-23-18(11-15)19-13-20(17-8-7-16(26)12-21(17)27)25(32)30(4)24(19)29(23)3/h6-13H,5H2,1-4H3. The summed E-state index contributed by atoms with van der Waals surface area (Å²) >= 11 is 12.5. The Balaban J connectivity index is 1.82. The predicted molar refractivity (Wildman–Crippen MR) is 133 cm³/mol. The molecule has 0 aliphatic carbocycles. The Morgan fingerprint density at radius 1 is 0.906 bits per heavy atom. The molecule has 0 fully saturated rings. The second-order valence-corrected chi connectivity index (χ2v) is 8.90. The topological polar surface area (TPSA) is 44.8 Å². The molecule has 32 heavy (non-hydrogen) atoms. The molecule has 2 aromatic carbocycles. The zero-order valence-corrected chi connectivity index (χ0v) is 19.8. The smallest absolute Gasteiger partial charge is 0.259 e. The number of fused-ring (bicyclic) bond motifs is 3. The number of halogens is 2. The molecule has 0 amide bonds. The molecule has 0 aliphatic rings. The van der Waals surface area contributed by atoms with E-state index in [-0.39, 0.29) is 5.56 Å². The Kier molecular flexibility index (Phi) is 4.91. The SMILES string of the molecule is CCn1nc(-c2ccc3c(c2)c2cc(-c4ccc(Cl)cc4Cl)c(=O)n(C)c2n3C)cc1C. The van der Waals surface area contributed by atoms with E-state index in [0.717, 1.165) is 45.4 Å². The van der Waals surface area contributed by atoms with Gasteiger partial charge in [0, 0.05) is 58.8 Å². The van der Waals surface area contributed by atoms with E-state index in [0.29, 0.717) is 21.2 Å². The Labute approximate surface area is 195 Å². The highest BCUT2D eigenvalue weighted by Gasteiger charge is 2.18. The Bertz CT molecular complexity index is 1590. The molecule has 5 nitrogen and oxygen atoms in total. The fraction of sp³-hybridized carbons (Fsp3) is 0.200. The number of aryl methyl sites for hydroxylation is 4. The lowest BCUT2D eigenvalue weighted by Crippen LogP contribution is -2.20. The largest absolute Gasteiger partial charge is 0.330 e. The molecule has 0 radical (unpaired) electrons. The number of nitrogens with zero attached hydrogens (tertiary/aromatic N) is 4. The number of rotatable bonds is 3. The maximum Gasteiger partial charge on any atom is 0.259 e. The molecule has 0 bridgehead atoms. The zero-order chi connectivity index (χ0) is 22.7. The molecule has 7 heteroatoms. The average molecular weight is 465 g/mol. The lowest BCUT2D eigenvalue weighted by Gasteiger charge is -2.09. The fourth-order valence-electron chi connectivity index (χ4n) is 4.52. The summed E-state index contributed by atoms with van der Waals surface area (Å²) in [5.74, 6) is 0. The molecule has 5 aromatic rings. The predicted octanol–water partition coefficient (Wildman–Crippen LogP) is 6.20. The summed E-state index contributed by atoms with van der Waals surface area (Å²) in [6.07, 6.45) is 0. The van der Waals surface area contributed by atoms with Crippen molar-refractivity contribution in [3.05, 3.63) is 74.6 Å². The van der Waals surface area contributed by atoms with Crippen LogP contribution in [0.15, 0.2) is 53.3 Å². The van der Waals surface area contributed by atoms with Gasteiger partial charge in [0.1, 0.15) is 5.65 Å². The van der Waals surface area contributed by atoms with Gasteiger partial charge >= 0.3 is 0 Å². The second-order valence-electron chi connectivity index (χ2n) is 8.06. The first kappa shape index (κ1) is 20.9. The van der Waals surface area contributed by atoms with Gasteiger partial charge in [0.25, 0.3) is 5.56 Å². The summed E-state index contributed by atoms with van der Waals surface area (Å²) < 4.78 is 5.73. The molecule has 0 saturated carbocycles. The van der Waals surface area contributed by atoms with Crippen LogP contribution in [0.1, 0.15) is 12.6 Å². The summed E-state index contributed by atoms with van der Waals surface area (Å²) in [5.41, 5.74) is 6.12. The molecule has 0 N–H and O–H groups in total.